The summed E-state index contributed by atoms with van der Waals surface area (Å²) in [5.74, 6) is -0.793. The van der Waals surface area contributed by atoms with Crippen LogP contribution in [0.4, 0.5) is 0 Å². The van der Waals surface area contributed by atoms with Crippen LogP contribution in [0.15, 0.2) is 23.2 Å². The van der Waals surface area contributed by atoms with Crippen molar-refractivity contribution < 1.29 is 17.9 Å². The zero-order chi connectivity index (χ0) is 14.8. The Labute approximate surface area is 122 Å². The van der Waals surface area contributed by atoms with Crippen molar-refractivity contribution in [1.29, 1.82) is 0 Å². The second kappa shape index (κ2) is 6.07. The first-order valence-electron chi connectivity index (χ1n) is 6.14. The van der Waals surface area contributed by atoms with Crippen LogP contribution < -0.4 is 0 Å². The van der Waals surface area contributed by atoms with Gasteiger partial charge in [0.15, 0.2) is 0 Å². The van der Waals surface area contributed by atoms with Gasteiger partial charge in [0.2, 0.25) is 10.0 Å². The summed E-state index contributed by atoms with van der Waals surface area (Å²) in [6.07, 6.45) is 2.60. The van der Waals surface area contributed by atoms with Gasteiger partial charge in [0, 0.05) is 19.3 Å². The fourth-order valence-electron chi connectivity index (χ4n) is 2.21. The van der Waals surface area contributed by atoms with Gasteiger partial charge in [-0.1, -0.05) is 11.6 Å². The summed E-state index contributed by atoms with van der Waals surface area (Å²) in [7, 11) is -2.35. The van der Waals surface area contributed by atoms with E-state index in [9.17, 15) is 13.2 Å². The van der Waals surface area contributed by atoms with Crippen LogP contribution in [0, 0.1) is 5.92 Å². The number of rotatable bonds is 3. The van der Waals surface area contributed by atoms with Crippen LogP contribution in [-0.2, 0) is 19.6 Å². The molecule has 1 fully saturated rings. The highest BCUT2D eigenvalue weighted by molar-refractivity contribution is 7.89. The zero-order valence-corrected chi connectivity index (χ0v) is 12.5. The van der Waals surface area contributed by atoms with Crippen molar-refractivity contribution in [2.45, 2.75) is 17.7 Å². The van der Waals surface area contributed by atoms with Gasteiger partial charge < -0.3 is 4.74 Å². The number of piperidine rings is 1. The van der Waals surface area contributed by atoms with Gasteiger partial charge in [0.1, 0.15) is 5.15 Å². The molecular weight excluding hydrogens is 304 g/mol. The lowest BCUT2D eigenvalue weighted by atomic mass is 10.0. The molecule has 1 atom stereocenters. The lowest BCUT2D eigenvalue weighted by Crippen LogP contribution is -2.42. The van der Waals surface area contributed by atoms with Crippen LogP contribution in [0.1, 0.15) is 12.8 Å². The Morgan fingerprint density at radius 2 is 2.30 bits per heavy atom. The number of ether oxygens (including phenoxy) is 1. The van der Waals surface area contributed by atoms with E-state index in [0.29, 0.717) is 19.4 Å². The van der Waals surface area contributed by atoms with E-state index in [1.807, 2.05) is 0 Å². The highest BCUT2D eigenvalue weighted by atomic mass is 35.5. The third-order valence-electron chi connectivity index (χ3n) is 3.25. The normalized spacial score (nSPS) is 20.6. The van der Waals surface area contributed by atoms with E-state index in [1.165, 1.54) is 29.7 Å². The maximum Gasteiger partial charge on any atom is 0.309 e. The van der Waals surface area contributed by atoms with E-state index in [4.69, 9.17) is 11.6 Å². The average molecular weight is 319 g/mol. The lowest BCUT2D eigenvalue weighted by molar-refractivity contribution is -0.146. The van der Waals surface area contributed by atoms with Crippen molar-refractivity contribution in [2.75, 3.05) is 20.2 Å². The van der Waals surface area contributed by atoms with Crippen molar-refractivity contribution in [3.05, 3.63) is 23.5 Å². The molecule has 0 saturated carbocycles. The minimum Gasteiger partial charge on any atom is -0.469 e. The van der Waals surface area contributed by atoms with Crippen molar-refractivity contribution in [3.63, 3.8) is 0 Å². The first kappa shape index (κ1) is 15.2. The lowest BCUT2D eigenvalue weighted by Gasteiger charge is -2.30. The van der Waals surface area contributed by atoms with Gasteiger partial charge >= 0.3 is 5.97 Å². The van der Waals surface area contributed by atoms with E-state index in [1.54, 1.807) is 0 Å². The largest absolute Gasteiger partial charge is 0.469 e. The van der Waals surface area contributed by atoms with E-state index in [0.717, 1.165) is 0 Å². The number of pyridine rings is 1. The maximum atomic E-state index is 12.5. The molecule has 0 N–H and O–H groups in total. The van der Waals surface area contributed by atoms with E-state index in [2.05, 4.69) is 9.72 Å². The fourth-order valence-corrected chi connectivity index (χ4v) is 3.99. The molecule has 6 nitrogen and oxygen atoms in total. The molecule has 1 saturated heterocycles. The fraction of sp³-hybridized carbons (Fsp3) is 0.500. The summed E-state index contributed by atoms with van der Waals surface area (Å²) < 4.78 is 30.9. The second-order valence-corrected chi connectivity index (χ2v) is 6.86. The van der Waals surface area contributed by atoms with E-state index < -0.39 is 15.9 Å². The van der Waals surface area contributed by atoms with Gasteiger partial charge in [-0.05, 0) is 25.0 Å². The predicted molar refractivity (Wildman–Crippen MR) is 72.7 cm³/mol. The van der Waals surface area contributed by atoms with Crippen molar-refractivity contribution in [3.8, 4) is 0 Å². The molecule has 1 aromatic rings. The highest BCUT2D eigenvalue weighted by Gasteiger charge is 2.33. The smallest absolute Gasteiger partial charge is 0.309 e. The third-order valence-corrected chi connectivity index (χ3v) is 5.32. The number of halogens is 1. The molecule has 8 heteroatoms. The topological polar surface area (TPSA) is 76.6 Å². The Hall–Kier alpha value is -1.18. The number of sulfonamides is 1. The van der Waals surface area contributed by atoms with Gasteiger partial charge in [-0.3, -0.25) is 4.79 Å². The number of carbonyl (C=O) groups excluding carboxylic acids is 1. The number of aromatic nitrogens is 1. The minimum absolute atomic E-state index is 0.0861. The number of carbonyl (C=O) groups is 1. The molecule has 1 aromatic heterocycles. The van der Waals surface area contributed by atoms with Gasteiger partial charge in [-0.2, -0.15) is 4.31 Å². The average Bonchev–Trinajstić information content (AvgIpc) is 2.46. The second-order valence-electron chi connectivity index (χ2n) is 4.54. The van der Waals surface area contributed by atoms with E-state index in [-0.39, 0.29) is 22.6 Å². The van der Waals surface area contributed by atoms with Crippen LogP contribution in [0.2, 0.25) is 5.15 Å². The number of nitrogens with zero attached hydrogens (tertiary/aromatic N) is 2. The molecule has 2 heterocycles. The zero-order valence-electron chi connectivity index (χ0n) is 11.0. The first-order chi connectivity index (χ1) is 9.45. The van der Waals surface area contributed by atoms with Crippen LogP contribution in [-0.4, -0.2) is 43.9 Å². The monoisotopic (exact) mass is 318 g/mol. The van der Waals surface area contributed by atoms with Gasteiger partial charge in [-0.25, -0.2) is 13.4 Å². The molecule has 1 unspecified atom stereocenters. The van der Waals surface area contributed by atoms with Crippen LogP contribution in [0.25, 0.3) is 0 Å². The molecule has 0 amide bonds. The number of hydrogen-bond acceptors (Lipinski definition) is 5. The molecule has 0 aromatic carbocycles. The minimum atomic E-state index is -3.66. The molecule has 0 aliphatic carbocycles. The van der Waals surface area contributed by atoms with Crippen molar-refractivity contribution in [1.82, 2.24) is 9.29 Å². The molecule has 0 spiro atoms. The Morgan fingerprint density at radius 1 is 1.55 bits per heavy atom. The van der Waals surface area contributed by atoms with Gasteiger partial charge in [-0.15, -0.1) is 0 Å². The molecule has 2 rings (SSSR count). The van der Waals surface area contributed by atoms with Gasteiger partial charge in [0.05, 0.1) is 17.9 Å². The molecule has 1 aliphatic rings. The predicted octanol–water partition coefficient (Wildman–Crippen LogP) is 1.31. The summed E-state index contributed by atoms with van der Waals surface area (Å²) in [4.78, 5) is 15.4. The summed E-state index contributed by atoms with van der Waals surface area (Å²) in [6.45, 7) is 0.519. The van der Waals surface area contributed by atoms with Crippen molar-refractivity contribution in [2.24, 2.45) is 5.92 Å². The summed E-state index contributed by atoms with van der Waals surface area (Å²) in [5, 5.41) is 0.118. The van der Waals surface area contributed by atoms with Crippen LogP contribution in [0.3, 0.4) is 0 Å². The van der Waals surface area contributed by atoms with Gasteiger partial charge in [0.25, 0.3) is 0 Å². The molecule has 20 heavy (non-hydrogen) atoms. The Kier molecular flexibility index (Phi) is 4.62. The summed E-state index contributed by atoms with van der Waals surface area (Å²) >= 11 is 5.72. The first-order valence-corrected chi connectivity index (χ1v) is 7.96. The quantitative estimate of drug-likeness (QED) is 0.620. The number of hydrogen-bond donors (Lipinski definition) is 0. The molecule has 110 valence electrons. The Morgan fingerprint density at radius 3 is 2.95 bits per heavy atom. The van der Waals surface area contributed by atoms with Crippen LogP contribution >= 0.6 is 11.6 Å². The van der Waals surface area contributed by atoms with Crippen molar-refractivity contribution >= 4 is 27.6 Å². The third kappa shape index (κ3) is 3.11. The molecule has 1 aliphatic heterocycles. The SMILES string of the molecule is COC(=O)C1CCCN(S(=O)(=O)c2ccnc(Cl)c2)C1. The molecular formula is C12H15ClN2O4S. The Bertz CT molecular complexity index is 605. The van der Waals surface area contributed by atoms with Crippen LogP contribution in [0.5, 0.6) is 0 Å². The molecule has 0 bridgehead atoms. The Balaban J connectivity index is 2.23. The summed E-state index contributed by atoms with van der Waals surface area (Å²) in [6, 6.07) is 2.70. The number of methoxy groups -OCH3 is 1. The number of esters is 1. The standard InChI is InChI=1S/C12H15ClN2O4S/c1-19-12(16)9-3-2-6-15(8-9)20(17,18)10-4-5-14-11(13)7-10/h4-5,7,9H,2-3,6,8H2,1H3. The van der Waals surface area contributed by atoms with E-state index >= 15 is 0 Å². The highest BCUT2D eigenvalue weighted by Crippen LogP contribution is 2.25. The maximum absolute atomic E-state index is 12.5. The summed E-state index contributed by atoms with van der Waals surface area (Å²) in [5.41, 5.74) is 0. The molecule has 0 radical (unpaired) electrons.